The van der Waals surface area contributed by atoms with Gasteiger partial charge in [0, 0.05) is 26.2 Å². The van der Waals surface area contributed by atoms with Gasteiger partial charge in [0.2, 0.25) is 15.9 Å². The molecule has 0 atom stereocenters. The number of hydrogen-bond acceptors (Lipinski definition) is 5. The van der Waals surface area contributed by atoms with Gasteiger partial charge in [0.05, 0.1) is 14.1 Å². The number of amides is 1. The van der Waals surface area contributed by atoms with Crippen LogP contribution in [0.1, 0.15) is 0 Å². The summed E-state index contributed by atoms with van der Waals surface area (Å²) >= 11 is 7.70. The first-order valence-corrected chi connectivity index (χ1v) is 9.72. The Morgan fingerprint density at radius 3 is 2.60 bits per heavy atom. The molecule has 0 aliphatic carbocycles. The minimum atomic E-state index is -3.68. The van der Waals surface area contributed by atoms with E-state index in [1.165, 1.54) is 17.4 Å². The second-order valence-electron chi connectivity index (χ2n) is 4.14. The number of piperazine rings is 1. The monoisotopic (exact) mass is 445 g/mol. The molecule has 20 heavy (non-hydrogen) atoms. The van der Waals surface area contributed by atoms with Crippen LogP contribution in [0.25, 0.3) is 0 Å². The molecule has 1 aromatic heterocycles. The van der Waals surface area contributed by atoms with Crippen LogP contribution in [0.3, 0.4) is 0 Å². The van der Waals surface area contributed by atoms with Crippen LogP contribution in [0.15, 0.2) is 18.5 Å². The van der Waals surface area contributed by atoms with Crippen LogP contribution in [-0.2, 0) is 14.8 Å². The summed E-state index contributed by atoms with van der Waals surface area (Å²) in [5, 5.41) is 3.14. The maximum atomic E-state index is 12.1. The SMILES string of the molecule is O=C(CNS(=O)(=O)c1cc(Br)sc1Br)N1CCNCC1. The topological polar surface area (TPSA) is 78.5 Å². The van der Waals surface area contributed by atoms with Gasteiger partial charge in [-0.2, -0.15) is 0 Å². The van der Waals surface area contributed by atoms with E-state index >= 15 is 0 Å². The van der Waals surface area contributed by atoms with Crippen LogP contribution < -0.4 is 10.0 Å². The number of carbonyl (C=O) groups is 1. The third kappa shape index (κ3) is 4.01. The molecule has 1 saturated heterocycles. The van der Waals surface area contributed by atoms with E-state index in [-0.39, 0.29) is 17.3 Å². The minimum absolute atomic E-state index is 0.141. The van der Waals surface area contributed by atoms with E-state index < -0.39 is 10.0 Å². The Kier molecular flexibility index (Phi) is 5.60. The van der Waals surface area contributed by atoms with Crippen molar-refractivity contribution in [2.75, 3.05) is 32.7 Å². The van der Waals surface area contributed by atoms with Crippen molar-refractivity contribution < 1.29 is 13.2 Å². The van der Waals surface area contributed by atoms with Gasteiger partial charge in [-0.05, 0) is 37.9 Å². The highest BCUT2D eigenvalue weighted by atomic mass is 79.9. The lowest BCUT2D eigenvalue weighted by Gasteiger charge is -2.27. The second kappa shape index (κ2) is 6.84. The third-order valence-corrected chi connectivity index (χ3v) is 6.95. The molecule has 1 amide bonds. The van der Waals surface area contributed by atoms with E-state index in [9.17, 15) is 13.2 Å². The van der Waals surface area contributed by atoms with Crippen molar-refractivity contribution in [2.45, 2.75) is 4.90 Å². The zero-order chi connectivity index (χ0) is 14.8. The first-order valence-electron chi connectivity index (χ1n) is 5.83. The minimum Gasteiger partial charge on any atom is -0.339 e. The van der Waals surface area contributed by atoms with E-state index in [1.54, 1.807) is 4.90 Å². The van der Waals surface area contributed by atoms with Crippen LogP contribution in [0.5, 0.6) is 0 Å². The molecule has 2 heterocycles. The summed E-state index contributed by atoms with van der Waals surface area (Å²) in [6, 6.07) is 1.51. The molecule has 1 aliphatic heterocycles. The van der Waals surface area contributed by atoms with E-state index in [0.29, 0.717) is 20.7 Å². The maximum absolute atomic E-state index is 12.1. The van der Waals surface area contributed by atoms with Crippen molar-refractivity contribution in [1.82, 2.24) is 14.9 Å². The highest BCUT2D eigenvalue weighted by Gasteiger charge is 2.23. The molecule has 112 valence electrons. The van der Waals surface area contributed by atoms with Crippen LogP contribution in [0.2, 0.25) is 0 Å². The molecular formula is C10H13Br2N3O3S2. The van der Waals surface area contributed by atoms with Crippen molar-refractivity contribution >= 4 is 59.1 Å². The average Bonchev–Trinajstić information content (AvgIpc) is 2.77. The summed E-state index contributed by atoms with van der Waals surface area (Å²) in [6.07, 6.45) is 0. The van der Waals surface area contributed by atoms with Crippen LogP contribution in [0, 0.1) is 0 Å². The van der Waals surface area contributed by atoms with Gasteiger partial charge >= 0.3 is 0 Å². The van der Waals surface area contributed by atoms with Gasteiger partial charge in [-0.3, -0.25) is 4.79 Å². The summed E-state index contributed by atoms with van der Waals surface area (Å²) in [5.74, 6) is -0.208. The normalized spacial score (nSPS) is 16.4. The maximum Gasteiger partial charge on any atom is 0.243 e. The quantitative estimate of drug-likeness (QED) is 0.722. The molecule has 2 rings (SSSR count). The number of nitrogens with zero attached hydrogens (tertiary/aromatic N) is 1. The molecule has 2 N–H and O–H groups in total. The zero-order valence-corrected chi connectivity index (χ0v) is 15.2. The number of thiophene rings is 1. The molecule has 0 spiro atoms. The molecule has 1 fully saturated rings. The molecule has 1 aromatic rings. The van der Waals surface area contributed by atoms with E-state index in [0.717, 1.165) is 13.1 Å². The fraction of sp³-hybridized carbons (Fsp3) is 0.500. The largest absolute Gasteiger partial charge is 0.339 e. The molecule has 10 heteroatoms. The standard InChI is InChI=1S/C10H13Br2N3O3S2/c11-8-5-7(10(12)19-8)20(17,18)14-6-9(16)15-3-1-13-2-4-15/h5,13-14H,1-4,6H2. The fourth-order valence-corrected chi connectivity index (χ4v) is 6.55. The number of sulfonamides is 1. The van der Waals surface area contributed by atoms with E-state index in [1.807, 2.05) is 0 Å². The molecule has 6 nitrogen and oxygen atoms in total. The number of carbonyl (C=O) groups excluding carboxylic acids is 1. The lowest BCUT2D eigenvalue weighted by molar-refractivity contribution is -0.130. The molecule has 1 aliphatic rings. The summed E-state index contributed by atoms with van der Waals surface area (Å²) in [6.45, 7) is 2.47. The lowest BCUT2D eigenvalue weighted by Crippen LogP contribution is -2.49. The molecule has 0 aromatic carbocycles. The smallest absolute Gasteiger partial charge is 0.243 e. The lowest BCUT2D eigenvalue weighted by atomic mass is 10.3. The van der Waals surface area contributed by atoms with Gasteiger partial charge in [-0.25, -0.2) is 13.1 Å². The molecule has 0 saturated carbocycles. The molecule has 0 radical (unpaired) electrons. The molecule has 0 bridgehead atoms. The zero-order valence-electron chi connectivity index (χ0n) is 10.4. The second-order valence-corrected chi connectivity index (χ2v) is 9.63. The Hall–Kier alpha value is -0.000000000000000104. The van der Waals surface area contributed by atoms with Crippen LogP contribution in [-0.4, -0.2) is 51.9 Å². The Balaban J connectivity index is 1.98. The first kappa shape index (κ1) is 16.4. The van der Waals surface area contributed by atoms with Crippen molar-refractivity contribution in [3.63, 3.8) is 0 Å². The Morgan fingerprint density at radius 1 is 1.40 bits per heavy atom. The van der Waals surface area contributed by atoms with Crippen molar-refractivity contribution in [2.24, 2.45) is 0 Å². The number of rotatable bonds is 4. The predicted octanol–water partition coefficient (Wildman–Crippen LogP) is 0.983. The summed E-state index contributed by atoms with van der Waals surface area (Å²) in [5.41, 5.74) is 0. The summed E-state index contributed by atoms with van der Waals surface area (Å²) in [7, 11) is -3.68. The van der Waals surface area contributed by atoms with Crippen molar-refractivity contribution in [3.8, 4) is 0 Å². The van der Waals surface area contributed by atoms with Gasteiger partial charge in [0.25, 0.3) is 0 Å². The Morgan fingerprint density at radius 2 is 2.05 bits per heavy atom. The Bertz CT molecular complexity index is 597. The number of halogens is 2. The highest BCUT2D eigenvalue weighted by molar-refractivity contribution is 9.12. The van der Waals surface area contributed by atoms with Gasteiger partial charge < -0.3 is 10.2 Å². The van der Waals surface area contributed by atoms with Crippen LogP contribution >= 0.6 is 43.2 Å². The van der Waals surface area contributed by atoms with Gasteiger partial charge in [0.15, 0.2) is 0 Å². The molecular weight excluding hydrogens is 434 g/mol. The average molecular weight is 447 g/mol. The summed E-state index contributed by atoms with van der Waals surface area (Å²) in [4.78, 5) is 13.7. The Labute approximate surface area is 138 Å². The number of nitrogens with one attached hydrogen (secondary N) is 2. The first-order chi connectivity index (χ1) is 9.40. The van der Waals surface area contributed by atoms with Gasteiger partial charge in [-0.15, -0.1) is 11.3 Å². The van der Waals surface area contributed by atoms with Crippen molar-refractivity contribution in [1.29, 1.82) is 0 Å². The highest BCUT2D eigenvalue weighted by Crippen LogP contribution is 2.34. The number of hydrogen-bond donors (Lipinski definition) is 2. The van der Waals surface area contributed by atoms with Gasteiger partial charge in [-0.1, -0.05) is 0 Å². The molecule has 0 unspecified atom stereocenters. The third-order valence-electron chi connectivity index (χ3n) is 2.80. The van der Waals surface area contributed by atoms with E-state index in [2.05, 4.69) is 41.9 Å². The predicted molar refractivity (Wildman–Crippen MR) is 84.4 cm³/mol. The van der Waals surface area contributed by atoms with Crippen molar-refractivity contribution in [3.05, 3.63) is 13.6 Å². The van der Waals surface area contributed by atoms with Gasteiger partial charge in [0.1, 0.15) is 4.90 Å². The van der Waals surface area contributed by atoms with Crippen LogP contribution in [0.4, 0.5) is 0 Å². The fourth-order valence-electron chi connectivity index (χ4n) is 1.77. The van der Waals surface area contributed by atoms with E-state index in [4.69, 9.17) is 0 Å². The summed E-state index contributed by atoms with van der Waals surface area (Å²) < 4.78 is 27.8.